The average molecular weight is 488 g/mol. The number of carbonyl (C=O) groups excluding carboxylic acids is 3. The minimum atomic E-state index is -1.02. The zero-order valence-electron chi connectivity index (χ0n) is 18.0. The quantitative estimate of drug-likeness (QED) is 0.397. The van der Waals surface area contributed by atoms with E-state index >= 15 is 0 Å². The third-order valence-corrected chi connectivity index (χ3v) is 7.40. The number of rotatable bonds is 10. The van der Waals surface area contributed by atoms with Gasteiger partial charge in [0, 0.05) is 30.6 Å². The summed E-state index contributed by atoms with van der Waals surface area (Å²) in [5.41, 5.74) is -1.02. The molecule has 4 unspecified atom stereocenters. The second kappa shape index (κ2) is 9.53. The number of carbonyl (C=O) groups is 3. The van der Waals surface area contributed by atoms with Crippen LogP contribution in [0.1, 0.15) is 52.9 Å². The number of halogens is 1. The lowest BCUT2D eigenvalue weighted by atomic mass is 9.70. The Morgan fingerprint density at radius 2 is 2.07 bits per heavy atom. The van der Waals surface area contributed by atoms with Gasteiger partial charge in [-0.2, -0.15) is 0 Å². The van der Waals surface area contributed by atoms with Crippen LogP contribution >= 0.6 is 15.9 Å². The molecule has 170 valence electrons. The van der Waals surface area contributed by atoms with E-state index in [2.05, 4.69) is 33.5 Å². The summed E-state index contributed by atoms with van der Waals surface area (Å²) in [7, 11) is 0. The van der Waals surface area contributed by atoms with Crippen molar-refractivity contribution in [2.45, 2.75) is 81.5 Å². The van der Waals surface area contributed by atoms with Crippen molar-refractivity contribution in [3.05, 3.63) is 0 Å². The molecule has 30 heavy (non-hydrogen) atoms. The summed E-state index contributed by atoms with van der Waals surface area (Å²) in [4.78, 5) is 41.3. The fraction of sp³-hybridized carbons (Fsp3) is 0.857. The number of amides is 3. The Labute approximate surface area is 186 Å². The predicted molar refractivity (Wildman–Crippen MR) is 115 cm³/mol. The molecule has 3 rings (SSSR count). The molecular formula is C21H34BrN3O5. The molecule has 3 heterocycles. The molecule has 3 amide bonds. The molecule has 3 aliphatic rings. The van der Waals surface area contributed by atoms with E-state index in [-0.39, 0.29) is 41.7 Å². The van der Waals surface area contributed by atoms with Crippen LogP contribution in [-0.4, -0.2) is 76.0 Å². The molecule has 0 radical (unpaired) electrons. The highest BCUT2D eigenvalue weighted by atomic mass is 79.9. The summed E-state index contributed by atoms with van der Waals surface area (Å²) in [6.45, 7) is 6.70. The molecule has 3 saturated heterocycles. The van der Waals surface area contributed by atoms with Crippen molar-refractivity contribution in [1.29, 1.82) is 0 Å². The highest BCUT2D eigenvalue weighted by molar-refractivity contribution is 9.09. The van der Waals surface area contributed by atoms with Gasteiger partial charge in [-0.3, -0.25) is 14.4 Å². The van der Waals surface area contributed by atoms with Gasteiger partial charge in [0.05, 0.1) is 17.9 Å². The Morgan fingerprint density at radius 1 is 1.33 bits per heavy atom. The average Bonchev–Trinajstić information content (AvgIpc) is 3.28. The van der Waals surface area contributed by atoms with Crippen molar-refractivity contribution >= 4 is 33.7 Å². The number of aliphatic hydroxyl groups excluding tert-OH is 1. The Morgan fingerprint density at radius 3 is 2.70 bits per heavy atom. The number of fused-ring (bicyclic) bond motifs is 1. The third kappa shape index (κ3) is 3.88. The summed E-state index contributed by atoms with van der Waals surface area (Å²) < 4.78 is 6.37. The Kier molecular flexibility index (Phi) is 7.45. The first-order valence-corrected chi connectivity index (χ1v) is 12.0. The number of nitrogens with zero attached hydrogens (tertiary/aromatic N) is 1. The maximum Gasteiger partial charge on any atom is 0.246 e. The molecule has 1 spiro atoms. The first-order chi connectivity index (χ1) is 14.3. The topological polar surface area (TPSA) is 108 Å². The van der Waals surface area contributed by atoms with Gasteiger partial charge in [-0.25, -0.2) is 0 Å². The SMILES string of the molecule is CCCNC(=O)[C@H]1[C@H]2C(=O)N(CCCO)C(C(=O)NC(C)CCC)C23CC(Br)[C@@H]1O3. The fourth-order valence-corrected chi connectivity index (χ4v) is 6.35. The van der Waals surface area contributed by atoms with Crippen molar-refractivity contribution in [3.63, 3.8) is 0 Å². The number of hydrogen-bond donors (Lipinski definition) is 3. The smallest absolute Gasteiger partial charge is 0.246 e. The van der Waals surface area contributed by atoms with Gasteiger partial charge in [0.1, 0.15) is 11.6 Å². The molecule has 9 heteroatoms. The van der Waals surface area contributed by atoms with Crippen LogP contribution in [0.15, 0.2) is 0 Å². The van der Waals surface area contributed by atoms with E-state index < -0.39 is 29.6 Å². The van der Waals surface area contributed by atoms with Gasteiger partial charge in [0.25, 0.3) is 0 Å². The number of hydrogen-bond acceptors (Lipinski definition) is 5. The Hall–Kier alpha value is -1.19. The van der Waals surface area contributed by atoms with E-state index in [1.165, 1.54) is 4.90 Å². The minimum absolute atomic E-state index is 0.0187. The summed E-state index contributed by atoms with van der Waals surface area (Å²) in [5.74, 6) is -1.94. The number of ether oxygens (including phenoxy) is 1. The van der Waals surface area contributed by atoms with Crippen molar-refractivity contribution < 1.29 is 24.2 Å². The maximum absolute atomic E-state index is 13.5. The Balaban J connectivity index is 1.94. The molecule has 3 N–H and O–H groups in total. The van der Waals surface area contributed by atoms with Crippen molar-refractivity contribution in [2.75, 3.05) is 19.7 Å². The van der Waals surface area contributed by atoms with Gasteiger partial charge < -0.3 is 25.4 Å². The van der Waals surface area contributed by atoms with E-state index in [0.717, 1.165) is 19.3 Å². The lowest BCUT2D eigenvalue weighted by Gasteiger charge is -2.34. The van der Waals surface area contributed by atoms with Gasteiger partial charge >= 0.3 is 0 Å². The van der Waals surface area contributed by atoms with Crippen molar-refractivity contribution in [3.8, 4) is 0 Å². The molecular weight excluding hydrogens is 454 g/mol. The molecule has 7 atom stereocenters. The number of likely N-dealkylation sites (tertiary alicyclic amines) is 1. The standard InChI is InChI=1S/C21H34BrN3O5/c1-4-7-12(3)24-19(28)17-21-11-13(22)16(30-21)14(18(27)23-8-5-2)15(21)20(29)25(17)9-6-10-26/h12-17,26H,4-11H2,1-3H3,(H,23,27)(H,24,28)/t12?,13?,14-,15-,16-,17?,21?/m0/s1. The van der Waals surface area contributed by atoms with E-state index in [1.807, 2.05) is 13.8 Å². The van der Waals surface area contributed by atoms with Crippen LogP contribution in [0.4, 0.5) is 0 Å². The largest absolute Gasteiger partial charge is 0.396 e. The normalized spacial score (nSPS) is 35.4. The highest BCUT2D eigenvalue weighted by Gasteiger charge is 2.76. The van der Waals surface area contributed by atoms with Crippen molar-refractivity contribution in [2.24, 2.45) is 11.8 Å². The summed E-state index contributed by atoms with van der Waals surface area (Å²) >= 11 is 3.64. The van der Waals surface area contributed by atoms with Gasteiger partial charge in [-0.15, -0.1) is 0 Å². The monoisotopic (exact) mass is 487 g/mol. The van der Waals surface area contributed by atoms with Crippen LogP contribution in [0.2, 0.25) is 0 Å². The molecule has 0 saturated carbocycles. The van der Waals surface area contributed by atoms with Gasteiger partial charge in [0.15, 0.2) is 0 Å². The van der Waals surface area contributed by atoms with Crippen LogP contribution in [0.3, 0.4) is 0 Å². The highest BCUT2D eigenvalue weighted by Crippen LogP contribution is 2.59. The second-order valence-corrected chi connectivity index (χ2v) is 9.94. The van der Waals surface area contributed by atoms with Crippen LogP contribution in [0, 0.1) is 11.8 Å². The second-order valence-electron chi connectivity index (χ2n) is 8.76. The maximum atomic E-state index is 13.5. The van der Waals surface area contributed by atoms with Crippen LogP contribution < -0.4 is 10.6 Å². The molecule has 3 fully saturated rings. The van der Waals surface area contributed by atoms with E-state index in [1.54, 1.807) is 0 Å². The fourth-order valence-electron chi connectivity index (χ4n) is 5.40. The summed E-state index contributed by atoms with van der Waals surface area (Å²) in [5, 5.41) is 15.3. The third-order valence-electron chi connectivity index (χ3n) is 6.56. The van der Waals surface area contributed by atoms with E-state index in [4.69, 9.17) is 4.74 Å². The molecule has 0 aromatic heterocycles. The molecule has 0 aliphatic carbocycles. The minimum Gasteiger partial charge on any atom is -0.396 e. The molecule has 0 aromatic rings. The van der Waals surface area contributed by atoms with Crippen molar-refractivity contribution in [1.82, 2.24) is 15.5 Å². The van der Waals surface area contributed by atoms with Gasteiger partial charge in [0.2, 0.25) is 17.7 Å². The number of nitrogens with one attached hydrogen (secondary N) is 2. The zero-order chi connectivity index (χ0) is 22.1. The van der Waals surface area contributed by atoms with Crippen LogP contribution in [0.5, 0.6) is 0 Å². The number of aliphatic hydroxyl groups is 1. The molecule has 2 bridgehead atoms. The molecule has 8 nitrogen and oxygen atoms in total. The molecule has 0 aromatic carbocycles. The van der Waals surface area contributed by atoms with E-state index in [0.29, 0.717) is 19.4 Å². The van der Waals surface area contributed by atoms with Gasteiger partial charge in [-0.05, 0) is 32.6 Å². The van der Waals surface area contributed by atoms with Crippen LogP contribution in [-0.2, 0) is 19.1 Å². The van der Waals surface area contributed by atoms with Gasteiger partial charge in [-0.1, -0.05) is 36.2 Å². The van der Waals surface area contributed by atoms with E-state index in [9.17, 15) is 19.5 Å². The Bertz CT molecular complexity index is 677. The predicted octanol–water partition coefficient (Wildman–Crippen LogP) is 0.948. The summed E-state index contributed by atoms with van der Waals surface area (Å²) in [6, 6.07) is -0.815. The molecule has 3 aliphatic heterocycles. The lowest BCUT2D eigenvalue weighted by molar-refractivity contribution is -0.142. The van der Waals surface area contributed by atoms with Crippen LogP contribution in [0.25, 0.3) is 0 Å². The lowest BCUT2D eigenvalue weighted by Crippen LogP contribution is -2.57. The zero-order valence-corrected chi connectivity index (χ0v) is 19.6. The first kappa shape index (κ1) is 23.5. The number of alkyl halides is 1. The first-order valence-electron chi connectivity index (χ1n) is 11.1. The summed E-state index contributed by atoms with van der Waals surface area (Å²) in [6.07, 6.45) is 3.02.